The second-order valence-corrected chi connectivity index (χ2v) is 3.47. The van der Waals surface area contributed by atoms with E-state index >= 15 is 0 Å². The Kier molecular flexibility index (Phi) is 2.83. The van der Waals surface area contributed by atoms with Crippen LogP contribution in [-0.4, -0.2) is 10.1 Å². The first-order valence-corrected chi connectivity index (χ1v) is 4.81. The highest BCUT2D eigenvalue weighted by atomic mass is 19.1. The third kappa shape index (κ3) is 2.01. The predicted molar refractivity (Wildman–Crippen MR) is 59.1 cm³/mol. The van der Waals surface area contributed by atoms with E-state index in [1.54, 1.807) is 24.3 Å². The van der Waals surface area contributed by atoms with Gasteiger partial charge in [-0.25, -0.2) is 4.39 Å². The second kappa shape index (κ2) is 4.28. The Bertz CT molecular complexity index is 485. The maximum absolute atomic E-state index is 13.4. The molecule has 0 saturated carbocycles. The van der Waals surface area contributed by atoms with Crippen LogP contribution in [-0.2, 0) is 0 Å². The van der Waals surface area contributed by atoms with E-state index in [9.17, 15) is 9.50 Å². The van der Waals surface area contributed by atoms with Crippen molar-refractivity contribution in [2.45, 2.75) is 6.10 Å². The molecule has 82 valence electrons. The van der Waals surface area contributed by atoms with Gasteiger partial charge in [-0.05, 0) is 23.8 Å². The second-order valence-electron chi connectivity index (χ2n) is 3.47. The van der Waals surface area contributed by atoms with Gasteiger partial charge in [0.15, 0.2) is 0 Å². The van der Waals surface area contributed by atoms with Crippen molar-refractivity contribution in [2.24, 2.45) is 0 Å². The van der Waals surface area contributed by atoms with Crippen LogP contribution in [0.4, 0.5) is 10.1 Å². The highest BCUT2D eigenvalue weighted by Gasteiger charge is 2.14. The minimum Gasteiger partial charge on any atom is -0.399 e. The van der Waals surface area contributed by atoms with Gasteiger partial charge in [-0.2, -0.15) is 0 Å². The zero-order chi connectivity index (χ0) is 11.5. The SMILES string of the molecule is Nc1ccc(C(O)c2ccncc2F)cc1. The van der Waals surface area contributed by atoms with Crippen molar-refractivity contribution in [3.8, 4) is 0 Å². The molecule has 0 radical (unpaired) electrons. The summed E-state index contributed by atoms with van der Waals surface area (Å²) in [7, 11) is 0. The summed E-state index contributed by atoms with van der Waals surface area (Å²) in [6, 6.07) is 8.12. The minimum atomic E-state index is -0.997. The molecule has 1 heterocycles. The van der Waals surface area contributed by atoms with Gasteiger partial charge < -0.3 is 10.8 Å². The summed E-state index contributed by atoms with van der Waals surface area (Å²) in [5.41, 5.74) is 6.94. The Morgan fingerprint density at radius 1 is 1.19 bits per heavy atom. The number of nitrogens with two attached hydrogens (primary N) is 1. The lowest BCUT2D eigenvalue weighted by molar-refractivity contribution is 0.214. The number of nitrogens with zero attached hydrogens (tertiary/aromatic N) is 1. The monoisotopic (exact) mass is 218 g/mol. The Morgan fingerprint density at radius 3 is 2.50 bits per heavy atom. The van der Waals surface area contributed by atoms with Gasteiger partial charge in [0.25, 0.3) is 0 Å². The molecule has 0 aliphatic rings. The first-order chi connectivity index (χ1) is 7.68. The van der Waals surface area contributed by atoms with E-state index in [2.05, 4.69) is 4.98 Å². The number of nitrogen functional groups attached to an aromatic ring is 1. The molecule has 0 aliphatic heterocycles. The molecular formula is C12H11FN2O. The number of benzene rings is 1. The predicted octanol–water partition coefficient (Wildman–Crippen LogP) is 1.88. The van der Waals surface area contributed by atoms with Gasteiger partial charge in [0.05, 0.1) is 6.20 Å². The molecule has 1 atom stereocenters. The van der Waals surface area contributed by atoms with Gasteiger partial charge in [-0.15, -0.1) is 0 Å². The lowest BCUT2D eigenvalue weighted by Crippen LogP contribution is -2.03. The summed E-state index contributed by atoms with van der Waals surface area (Å²) in [4.78, 5) is 3.63. The van der Waals surface area contributed by atoms with E-state index in [1.807, 2.05) is 0 Å². The van der Waals surface area contributed by atoms with E-state index in [-0.39, 0.29) is 5.56 Å². The summed E-state index contributed by atoms with van der Waals surface area (Å²) >= 11 is 0. The molecule has 3 nitrogen and oxygen atoms in total. The maximum Gasteiger partial charge on any atom is 0.147 e. The summed E-state index contributed by atoms with van der Waals surface area (Å²) in [6.45, 7) is 0. The fourth-order valence-corrected chi connectivity index (χ4v) is 1.47. The molecule has 0 aliphatic carbocycles. The average Bonchev–Trinajstić information content (AvgIpc) is 2.30. The standard InChI is InChI=1S/C12H11FN2O/c13-11-7-15-6-5-10(11)12(16)8-1-3-9(14)4-2-8/h1-7,12,16H,14H2. The molecule has 2 aromatic rings. The number of rotatable bonds is 2. The van der Waals surface area contributed by atoms with Crippen molar-refractivity contribution in [2.75, 3.05) is 5.73 Å². The zero-order valence-corrected chi connectivity index (χ0v) is 8.47. The molecule has 4 heteroatoms. The summed E-state index contributed by atoms with van der Waals surface area (Å²) in [5, 5.41) is 9.95. The summed E-state index contributed by atoms with van der Waals surface area (Å²) < 4.78 is 13.4. The highest BCUT2D eigenvalue weighted by Crippen LogP contribution is 2.24. The van der Waals surface area contributed by atoms with Crippen LogP contribution in [0.25, 0.3) is 0 Å². The van der Waals surface area contributed by atoms with E-state index in [1.165, 1.54) is 12.3 Å². The quantitative estimate of drug-likeness (QED) is 0.757. The number of aliphatic hydroxyl groups is 1. The van der Waals surface area contributed by atoms with Crippen molar-refractivity contribution >= 4 is 5.69 Å². The topological polar surface area (TPSA) is 59.1 Å². The van der Waals surface area contributed by atoms with Crippen LogP contribution in [0.2, 0.25) is 0 Å². The number of hydrogen-bond donors (Lipinski definition) is 2. The fraction of sp³-hybridized carbons (Fsp3) is 0.0833. The van der Waals surface area contributed by atoms with Crippen molar-refractivity contribution in [3.63, 3.8) is 0 Å². The van der Waals surface area contributed by atoms with Crippen LogP contribution in [0.3, 0.4) is 0 Å². The zero-order valence-electron chi connectivity index (χ0n) is 8.47. The van der Waals surface area contributed by atoms with E-state index in [0.717, 1.165) is 6.20 Å². The summed E-state index contributed by atoms with van der Waals surface area (Å²) in [5.74, 6) is -0.521. The summed E-state index contributed by atoms with van der Waals surface area (Å²) in [6.07, 6.45) is 1.53. The molecule has 1 unspecified atom stereocenters. The van der Waals surface area contributed by atoms with Gasteiger partial charge in [0.2, 0.25) is 0 Å². The minimum absolute atomic E-state index is 0.208. The third-order valence-electron chi connectivity index (χ3n) is 2.35. The van der Waals surface area contributed by atoms with Crippen molar-refractivity contribution in [3.05, 3.63) is 59.7 Å². The Hall–Kier alpha value is -1.94. The molecule has 0 bridgehead atoms. The van der Waals surface area contributed by atoms with Gasteiger partial charge in [-0.3, -0.25) is 4.98 Å². The Morgan fingerprint density at radius 2 is 1.88 bits per heavy atom. The Balaban J connectivity index is 2.35. The molecule has 16 heavy (non-hydrogen) atoms. The van der Waals surface area contributed by atoms with Crippen LogP contribution in [0.1, 0.15) is 17.2 Å². The van der Waals surface area contributed by atoms with Crippen LogP contribution in [0.15, 0.2) is 42.7 Å². The number of hydrogen-bond acceptors (Lipinski definition) is 3. The first-order valence-electron chi connectivity index (χ1n) is 4.81. The van der Waals surface area contributed by atoms with Crippen LogP contribution in [0.5, 0.6) is 0 Å². The number of pyridine rings is 1. The average molecular weight is 218 g/mol. The van der Waals surface area contributed by atoms with E-state index < -0.39 is 11.9 Å². The van der Waals surface area contributed by atoms with Crippen molar-refractivity contribution in [1.82, 2.24) is 4.98 Å². The highest BCUT2D eigenvalue weighted by molar-refractivity contribution is 5.41. The number of aromatic nitrogens is 1. The third-order valence-corrected chi connectivity index (χ3v) is 2.35. The lowest BCUT2D eigenvalue weighted by atomic mass is 10.0. The number of halogens is 1. The van der Waals surface area contributed by atoms with Crippen LogP contribution >= 0.6 is 0 Å². The molecule has 0 fully saturated rings. The molecule has 1 aromatic carbocycles. The van der Waals surface area contributed by atoms with E-state index in [0.29, 0.717) is 11.3 Å². The largest absolute Gasteiger partial charge is 0.399 e. The molecule has 1 aromatic heterocycles. The molecule has 0 amide bonds. The fourth-order valence-electron chi connectivity index (χ4n) is 1.47. The normalized spacial score (nSPS) is 12.4. The van der Waals surface area contributed by atoms with Gasteiger partial charge in [0, 0.05) is 17.4 Å². The lowest BCUT2D eigenvalue weighted by Gasteiger charge is -2.11. The molecule has 0 spiro atoms. The molecule has 0 saturated heterocycles. The Labute approximate surface area is 92.4 Å². The first kappa shape index (κ1) is 10.6. The van der Waals surface area contributed by atoms with Crippen molar-refractivity contribution < 1.29 is 9.50 Å². The molecular weight excluding hydrogens is 207 g/mol. The van der Waals surface area contributed by atoms with Gasteiger partial charge in [-0.1, -0.05) is 12.1 Å². The number of anilines is 1. The number of aliphatic hydroxyl groups excluding tert-OH is 1. The molecule has 3 N–H and O–H groups in total. The van der Waals surface area contributed by atoms with Gasteiger partial charge >= 0.3 is 0 Å². The van der Waals surface area contributed by atoms with Gasteiger partial charge in [0.1, 0.15) is 11.9 Å². The van der Waals surface area contributed by atoms with Crippen LogP contribution < -0.4 is 5.73 Å². The van der Waals surface area contributed by atoms with Crippen molar-refractivity contribution in [1.29, 1.82) is 0 Å². The smallest absolute Gasteiger partial charge is 0.147 e. The molecule has 2 rings (SSSR count). The van der Waals surface area contributed by atoms with Crippen LogP contribution in [0, 0.1) is 5.82 Å². The maximum atomic E-state index is 13.4. The van der Waals surface area contributed by atoms with E-state index in [4.69, 9.17) is 5.73 Å².